The molecule has 0 spiro atoms. The molecule has 32 heavy (non-hydrogen) atoms. The van der Waals surface area contributed by atoms with Gasteiger partial charge in [0.1, 0.15) is 11.4 Å². The highest BCUT2D eigenvalue weighted by Gasteiger charge is 2.13. The van der Waals surface area contributed by atoms with Gasteiger partial charge in [-0.3, -0.25) is 4.79 Å². The maximum atomic E-state index is 12.4. The summed E-state index contributed by atoms with van der Waals surface area (Å²) in [5, 5.41) is 11.5. The minimum Gasteiger partial charge on any atom is -0.494 e. The molecular weight excluding hydrogens is 402 g/mol. The Hall–Kier alpha value is -3.87. The lowest BCUT2D eigenvalue weighted by Crippen LogP contribution is -2.22. The van der Waals surface area contributed by atoms with Crippen LogP contribution in [0.1, 0.15) is 29.8 Å². The van der Waals surface area contributed by atoms with Gasteiger partial charge in [-0.15, -0.1) is 5.11 Å². The number of nitrogens with zero attached hydrogens (tertiary/aromatic N) is 3. The fourth-order valence-electron chi connectivity index (χ4n) is 3.27. The third-order valence-corrected chi connectivity index (χ3v) is 5.14. The molecule has 3 aromatic carbocycles. The number of nitrogens with one attached hydrogen (secondary N) is 1. The van der Waals surface area contributed by atoms with Crippen LogP contribution >= 0.6 is 0 Å². The Morgan fingerprint density at radius 1 is 1.00 bits per heavy atom. The number of carbonyl (C=O) groups is 1. The van der Waals surface area contributed by atoms with E-state index in [2.05, 4.69) is 34.3 Å². The predicted octanol–water partition coefficient (Wildman–Crippen LogP) is 6.10. The number of ether oxygens (including phenoxy) is 1. The summed E-state index contributed by atoms with van der Waals surface area (Å²) in [5.74, 6) is 0.540. The van der Waals surface area contributed by atoms with Crippen LogP contribution in [0.2, 0.25) is 0 Å². The van der Waals surface area contributed by atoms with Crippen LogP contribution in [0.25, 0.3) is 0 Å². The Labute approximate surface area is 188 Å². The van der Waals surface area contributed by atoms with E-state index in [-0.39, 0.29) is 5.91 Å². The van der Waals surface area contributed by atoms with Gasteiger partial charge < -0.3 is 20.7 Å². The van der Waals surface area contributed by atoms with Gasteiger partial charge in [0.2, 0.25) is 0 Å². The van der Waals surface area contributed by atoms with Crippen LogP contribution < -0.4 is 20.7 Å². The van der Waals surface area contributed by atoms with Crippen molar-refractivity contribution < 1.29 is 9.53 Å². The van der Waals surface area contributed by atoms with E-state index >= 15 is 0 Å². The minimum absolute atomic E-state index is 0.160. The van der Waals surface area contributed by atoms with Crippen molar-refractivity contribution in [2.24, 2.45) is 10.2 Å². The zero-order chi connectivity index (χ0) is 23.1. The second-order valence-electron chi connectivity index (χ2n) is 7.32. The van der Waals surface area contributed by atoms with Gasteiger partial charge >= 0.3 is 0 Å². The number of rotatable bonds is 8. The van der Waals surface area contributed by atoms with E-state index in [1.54, 1.807) is 49.6 Å². The number of azo groups is 1. The molecule has 0 aliphatic carbocycles. The number of hydrogen-bond acceptors (Lipinski definition) is 6. The van der Waals surface area contributed by atoms with Crippen LogP contribution in [0.3, 0.4) is 0 Å². The molecule has 0 radical (unpaired) electrons. The highest BCUT2D eigenvalue weighted by Crippen LogP contribution is 2.37. The van der Waals surface area contributed by atoms with E-state index in [1.807, 2.05) is 25.1 Å². The third-order valence-electron chi connectivity index (χ3n) is 5.14. The molecule has 0 aromatic heterocycles. The van der Waals surface area contributed by atoms with Gasteiger partial charge in [0, 0.05) is 30.4 Å². The second kappa shape index (κ2) is 10.4. The zero-order valence-corrected chi connectivity index (χ0v) is 18.9. The smallest absolute Gasteiger partial charge is 0.255 e. The molecule has 0 saturated carbocycles. The molecule has 3 rings (SSSR count). The predicted molar refractivity (Wildman–Crippen MR) is 131 cm³/mol. The summed E-state index contributed by atoms with van der Waals surface area (Å²) in [5.41, 5.74) is 11.3. The maximum absolute atomic E-state index is 12.4. The Kier molecular flexibility index (Phi) is 7.44. The summed E-state index contributed by atoms with van der Waals surface area (Å²) < 4.78 is 5.53. The minimum atomic E-state index is -0.160. The number of aryl methyl sites for hydroxylation is 1. The quantitative estimate of drug-likeness (QED) is 0.333. The van der Waals surface area contributed by atoms with Gasteiger partial charge in [0.05, 0.1) is 24.2 Å². The molecule has 0 heterocycles. The van der Waals surface area contributed by atoms with Crippen LogP contribution in [0.15, 0.2) is 70.9 Å². The highest BCUT2D eigenvalue weighted by atomic mass is 16.5. The normalized spacial score (nSPS) is 10.9. The molecule has 0 saturated heterocycles. The van der Waals surface area contributed by atoms with Crippen molar-refractivity contribution in [3.05, 3.63) is 71.8 Å². The van der Waals surface area contributed by atoms with E-state index in [0.717, 1.165) is 24.3 Å². The molecule has 166 valence electrons. The standard InChI is InChI=1S/C25H29N5O2/c1-5-30(6-2)23-15-21(26)22(16-24(23)32-4)29-28-20-13-11-19(12-14-20)27-25(31)18-9-7-17(3)8-10-18/h7-16H,5-6,26H2,1-4H3,(H,27,31)/b29-28+. The molecule has 0 unspecified atom stereocenters. The number of benzene rings is 3. The van der Waals surface area contributed by atoms with E-state index in [9.17, 15) is 4.79 Å². The number of nitrogens with two attached hydrogens (primary N) is 1. The van der Waals surface area contributed by atoms with Crippen LogP contribution in [0.4, 0.5) is 28.4 Å². The summed E-state index contributed by atoms with van der Waals surface area (Å²) in [6, 6.07) is 18.2. The lowest BCUT2D eigenvalue weighted by Gasteiger charge is -2.24. The van der Waals surface area contributed by atoms with Crippen molar-refractivity contribution >= 4 is 34.3 Å². The fourth-order valence-corrected chi connectivity index (χ4v) is 3.27. The number of carbonyl (C=O) groups excluding carboxylic acids is 1. The number of nitrogen functional groups attached to an aromatic ring is 1. The Balaban J connectivity index is 1.73. The number of amides is 1. The molecule has 0 aliphatic rings. The van der Waals surface area contributed by atoms with E-state index in [0.29, 0.717) is 34.1 Å². The molecule has 1 amide bonds. The topological polar surface area (TPSA) is 92.3 Å². The average Bonchev–Trinajstić information content (AvgIpc) is 2.80. The van der Waals surface area contributed by atoms with Crippen LogP contribution in [0, 0.1) is 6.92 Å². The zero-order valence-electron chi connectivity index (χ0n) is 18.9. The van der Waals surface area contributed by atoms with Gasteiger partial charge in [-0.1, -0.05) is 17.7 Å². The SMILES string of the molecule is CCN(CC)c1cc(N)c(/N=N/c2ccc(NC(=O)c3ccc(C)cc3)cc2)cc1OC. The van der Waals surface area contributed by atoms with Crippen molar-refractivity contribution in [3.63, 3.8) is 0 Å². The Bertz CT molecular complexity index is 1090. The molecule has 0 bridgehead atoms. The molecular formula is C25H29N5O2. The third kappa shape index (κ3) is 5.43. The summed E-state index contributed by atoms with van der Waals surface area (Å²) in [6.07, 6.45) is 0. The van der Waals surface area contributed by atoms with Gasteiger partial charge in [-0.2, -0.15) is 5.11 Å². The monoisotopic (exact) mass is 431 g/mol. The van der Waals surface area contributed by atoms with Crippen molar-refractivity contribution in [2.75, 3.05) is 36.1 Å². The van der Waals surface area contributed by atoms with Crippen LogP contribution in [0.5, 0.6) is 5.75 Å². The van der Waals surface area contributed by atoms with Crippen molar-refractivity contribution in [2.45, 2.75) is 20.8 Å². The lowest BCUT2D eigenvalue weighted by molar-refractivity contribution is 0.102. The van der Waals surface area contributed by atoms with E-state index < -0.39 is 0 Å². The average molecular weight is 432 g/mol. The first-order chi connectivity index (χ1) is 15.4. The van der Waals surface area contributed by atoms with Gasteiger partial charge in [-0.25, -0.2) is 0 Å². The fraction of sp³-hybridized carbons (Fsp3) is 0.240. The number of methoxy groups -OCH3 is 1. The van der Waals surface area contributed by atoms with Gasteiger partial charge in [-0.05, 0) is 63.2 Å². The first kappa shape index (κ1) is 22.8. The number of anilines is 3. The van der Waals surface area contributed by atoms with Crippen molar-refractivity contribution in [1.29, 1.82) is 0 Å². The number of hydrogen-bond donors (Lipinski definition) is 2. The Morgan fingerprint density at radius 2 is 1.66 bits per heavy atom. The summed E-state index contributed by atoms with van der Waals surface area (Å²) in [7, 11) is 1.63. The van der Waals surface area contributed by atoms with E-state index in [4.69, 9.17) is 10.5 Å². The first-order valence-corrected chi connectivity index (χ1v) is 10.6. The second-order valence-corrected chi connectivity index (χ2v) is 7.32. The summed E-state index contributed by atoms with van der Waals surface area (Å²) in [4.78, 5) is 14.5. The van der Waals surface area contributed by atoms with Crippen LogP contribution in [-0.2, 0) is 0 Å². The molecule has 7 heteroatoms. The molecule has 0 aliphatic heterocycles. The largest absolute Gasteiger partial charge is 0.494 e. The summed E-state index contributed by atoms with van der Waals surface area (Å²) >= 11 is 0. The maximum Gasteiger partial charge on any atom is 0.255 e. The molecule has 0 atom stereocenters. The Morgan fingerprint density at radius 3 is 2.25 bits per heavy atom. The van der Waals surface area contributed by atoms with E-state index in [1.165, 1.54) is 0 Å². The van der Waals surface area contributed by atoms with Crippen molar-refractivity contribution in [3.8, 4) is 5.75 Å². The summed E-state index contributed by atoms with van der Waals surface area (Å²) in [6.45, 7) is 7.84. The highest BCUT2D eigenvalue weighted by molar-refractivity contribution is 6.04. The molecule has 7 nitrogen and oxygen atoms in total. The lowest BCUT2D eigenvalue weighted by atomic mass is 10.1. The molecule has 3 N–H and O–H groups in total. The van der Waals surface area contributed by atoms with Crippen LogP contribution in [-0.4, -0.2) is 26.1 Å². The molecule has 0 fully saturated rings. The first-order valence-electron chi connectivity index (χ1n) is 10.6. The van der Waals surface area contributed by atoms with Gasteiger partial charge in [0.15, 0.2) is 0 Å². The van der Waals surface area contributed by atoms with Crippen molar-refractivity contribution in [1.82, 2.24) is 0 Å². The van der Waals surface area contributed by atoms with Gasteiger partial charge in [0.25, 0.3) is 5.91 Å². The molecule has 3 aromatic rings.